The van der Waals surface area contributed by atoms with E-state index in [1.54, 1.807) is 36.4 Å². The zero-order valence-corrected chi connectivity index (χ0v) is 15.1. The molecule has 0 bridgehead atoms. The minimum absolute atomic E-state index is 0.127. The lowest BCUT2D eigenvalue weighted by atomic mass is 10.1. The molecule has 1 heterocycles. The van der Waals surface area contributed by atoms with Crippen LogP contribution in [0.15, 0.2) is 42.5 Å². The van der Waals surface area contributed by atoms with Gasteiger partial charge in [0.05, 0.1) is 11.5 Å². The van der Waals surface area contributed by atoms with Gasteiger partial charge in [0.2, 0.25) is 0 Å². The van der Waals surface area contributed by atoms with Crippen molar-refractivity contribution >= 4 is 38.9 Å². The normalized spacial score (nSPS) is 10.7. The maximum atomic E-state index is 14.2. The standard InChI is InChI=1S/C19H17FN2O3S/c1-21-18(23)11-5-3-6-12(9-11)22-19(24)17-13(10-25-2)16-14(20)7-4-8-15(16)26-17/h3-9H,10H2,1-2H3,(H,21,23)(H,22,24). The van der Waals surface area contributed by atoms with Gasteiger partial charge in [-0.2, -0.15) is 0 Å². The smallest absolute Gasteiger partial charge is 0.266 e. The summed E-state index contributed by atoms with van der Waals surface area (Å²) in [4.78, 5) is 24.9. The Labute approximate surface area is 153 Å². The number of benzene rings is 2. The molecule has 0 radical (unpaired) electrons. The molecule has 0 spiro atoms. The molecule has 0 saturated heterocycles. The number of nitrogens with one attached hydrogen (secondary N) is 2. The fourth-order valence-corrected chi connectivity index (χ4v) is 3.82. The Morgan fingerprint density at radius 2 is 1.92 bits per heavy atom. The van der Waals surface area contributed by atoms with E-state index < -0.39 is 0 Å². The first-order valence-electron chi connectivity index (χ1n) is 7.87. The first kappa shape index (κ1) is 18.0. The maximum absolute atomic E-state index is 14.2. The Bertz CT molecular complexity index is 984. The molecule has 3 rings (SSSR count). The van der Waals surface area contributed by atoms with E-state index >= 15 is 0 Å². The van der Waals surface area contributed by atoms with E-state index in [4.69, 9.17) is 4.74 Å². The number of methoxy groups -OCH3 is 1. The molecule has 0 unspecified atom stereocenters. The van der Waals surface area contributed by atoms with Crippen LogP contribution in [-0.4, -0.2) is 26.0 Å². The molecule has 2 aromatic carbocycles. The fraction of sp³-hybridized carbons (Fsp3) is 0.158. The number of halogens is 1. The highest BCUT2D eigenvalue weighted by atomic mass is 32.1. The molecular weight excluding hydrogens is 355 g/mol. The van der Waals surface area contributed by atoms with Crippen LogP contribution in [0.3, 0.4) is 0 Å². The summed E-state index contributed by atoms with van der Waals surface area (Å²) in [6.07, 6.45) is 0. The average Bonchev–Trinajstić information content (AvgIpc) is 3.01. The van der Waals surface area contributed by atoms with Crippen LogP contribution in [0.5, 0.6) is 0 Å². The first-order valence-corrected chi connectivity index (χ1v) is 8.69. The number of hydrogen-bond acceptors (Lipinski definition) is 4. The van der Waals surface area contributed by atoms with Crippen molar-refractivity contribution in [2.75, 3.05) is 19.5 Å². The van der Waals surface area contributed by atoms with E-state index in [0.717, 1.165) is 0 Å². The van der Waals surface area contributed by atoms with Crippen LogP contribution >= 0.6 is 11.3 Å². The summed E-state index contributed by atoms with van der Waals surface area (Å²) in [6, 6.07) is 11.3. The number of ether oxygens (including phenoxy) is 1. The predicted molar refractivity (Wildman–Crippen MR) is 100 cm³/mol. The second-order valence-electron chi connectivity index (χ2n) is 5.57. The summed E-state index contributed by atoms with van der Waals surface area (Å²) in [7, 11) is 3.04. The molecule has 0 aliphatic carbocycles. The molecular formula is C19H17FN2O3S. The highest BCUT2D eigenvalue weighted by molar-refractivity contribution is 7.21. The summed E-state index contributed by atoms with van der Waals surface area (Å²) < 4.78 is 20.1. The molecule has 0 fully saturated rings. The Balaban J connectivity index is 1.97. The number of thiophene rings is 1. The van der Waals surface area contributed by atoms with Crippen LogP contribution in [0.2, 0.25) is 0 Å². The number of carbonyl (C=O) groups excluding carboxylic acids is 2. The highest BCUT2D eigenvalue weighted by Gasteiger charge is 2.21. The van der Waals surface area contributed by atoms with E-state index in [-0.39, 0.29) is 24.2 Å². The van der Waals surface area contributed by atoms with E-state index in [1.807, 2.05) is 0 Å². The van der Waals surface area contributed by atoms with Crippen molar-refractivity contribution in [1.29, 1.82) is 0 Å². The third kappa shape index (κ3) is 3.44. The second kappa shape index (κ2) is 7.63. The van der Waals surface area contributed by atoms with Gasteiger partial charge in [-0.15, -0.1) is 11.3 Å². The molecule has 26 heavy (non-hydrogen) atoms. The van der Waals surface area contributed by atoms with Crippen LogP contribution in [0.4, 0.5) is 10.1 Å². The number of fused-ring (bicyclic) bond motifs is 1. The third-order valence-corrected chi connectivity index (χ3v) is 5.06. The highest BCUT2D eigenvalue weighted by Crippen LogP contribution is 2.34. The molecule has 0 aliphatic heterocycles. The van der Waals surface area contributed by atoms with Gasteiger partial charge >= 0.3 is 0 Å². The first-order chi connectivity index (χ1) is 12.5. The van der Waals surface area contributed by atoms with E-state index in [2.05, 4.69) is 10.6 Å². The van der Waals surface area contributed by atoms with Crippen molar-refractivity contribution in [3.8, 4) is 0 Å². The molecule has 1 aromatic heterocycles. The number of hydrogen-bond donors (Lipinski definition) is 2. The SMILES string of the molecule is CNC(=O)c1cccc(NC(=O)c2sc3cccc(F)c3c2COC)c1. The van der Waals surface area contributed by atoms with Crippen molar-refractivity contribution in [2.24, 2.45) is 0 Å². The zero-order chi connectivity index (χ0) is 18.7. The summed E-state index contributed by atoms with van der Waals surface area (Å²) in [5.41, 5.74) is 1.44. The fourth-order valence-electron chi connectivity index (χ4n) is 2.70. The largest absolute Gasteiger partial charge is 0.380 e. The number of rotatable bonds is 5. The van der Waals surface area contributed by atoms with E-state index in [1.165, 1.54) is 31.6 Å². The molecule has 3 aromatic rings. The van der Waals surface area contributed by atoms with Gasteiger partial charge in [-0.05, 0) is 30.3 Å². The van der Waals surface area contributed by atoms with Gasteiger partial charge < -0.3 is 15.4 Å². The topological polar surface area (TPSA) is 67.4 Å². The van der Waals surface area contributed by atoms with Crippen LogP contribution in [0.1, 0.15) is 25.6 Å². The molecule has 0 saturated carbocycles. The Morgan fingerprint density at radius 1 is 1.15 bits per heavy atom. The van der Waals surface area contributed by atoms with Crippen molar-refractivity contribution in [2.45, 2.75) is 6.61 Å². The number of amides is 2. The minimum atomic E-state index is -0.383. The van der Waals surface area contributed by atoms with Crippen molar-refractivity contribution < 1.29 is 18.7 Å². The van der Waals surface area contributed by atoms with E-state index in [0.29, 0.717) is 31.8 Å². The zero-order valence-electron chi connectivity index (χ0n) is 14.3. The van der Waals surface area contributed by atoms with Gasteiger partial charge in [-0.1, -0.05) is 12.1 Å². The predicted octanol–water partition coefficient (Wildman–Crippen LogP) is 3.80. The molecule has 5 nitrogen and oxygen atoms in total. The lowest BCUT2D eigenvalue weighted by molar-refractivity contribution is 0.0961. The lowest BCUT2D eigenvalue weighted by Gasteiger charge is -2.08. The van der Waals surface area contributed by atoms with Crippen LogP contribution < -0.4 is 10.6 Å². The van der Waals surface area contributed by atoms with Crippen molar-refractivity contribution in [3.05, 3.63) is 64.3 Å². The molecule has 2 N–H and O–H groups in total. The summed E-state index contributed by atoms with van der Waals surface area (Å²) in [5, 5.41) is 5.71. The quantitative estimate of drug-likeness (QED) is 0.716. The summed E-state index contributed by atoms with van der Waals surface area (Å²) in [6.45, 7) is 0.127. The van der Waals surface area contributed by atoms with Crippen LogP contribution in [0.25, 0.3) is 10.1 Å². The lowest BCUT2D eigenvalue weighted by Crippen LogP contribution is -2.18. The van der Waals surface area contributed by atoms with Gasteiger partial charge in [-0.3, -0.25) is 9.59 Å². The monoisotopic (exact) mass is 372 g/mol. The molecule has 2 amide bonds. The van der Waals surface area contributed by atoms with Gasteiger partial charge in [0, 0.05) is 41.1 Å². The molecule has 0 aliphatic rings. The maximum Gasteiger partial charge on any atom is 0.266 e. The summed E-state index contributed by atoms with van der Waals surface area (Å²) >= 11 is 1.21. The van der Waals surface area contributed by atoms with E-state index in [9.17, 15) is 14.0 Å². The minimum Gasteiger partial charge on any atom is -0.380 e. The van der Waals surface area contributed by atoms with Gasteiger partial charge in [-0.25, -0.2) is 4.39 Å². The van der Waals surface area contributed by atoms with Gasteiger partial charge in [0.1, 0.15) is 5.82 Å². The van der Waals surface area contributed by atoms with Crippen molar-refractivity contribution in [1.82, 2.24) is 5.32 Å². The molecule has 7 heteroatoms. The molecule has 0 atom stereocenters. The Kier molecular flexibility index (Phi) is 5.29. The van der Waals surface area contributed by atoms with Gasteiger partial charge in [0.25, 0.3) is 11.8 Å². The Hall–Kier alpha value is -2.77. The van der Waals surface area contributed by atoms with Crippen LogP contribution in [-0.2, 0) is 11.3 Å². The number of carbonyl (C=O) groups is 2. The molecule has 134 valence electrons. The van der Waals surface area contributed by atoms with Gasteiger partial charge in [0.15, 0.2) is 0 Å². The van der Waals surface area contributed by atoms with Crippen molar-refractivity contribution in [3.63, 3.8) is 0 Å². The number of anilines is 1. The van der Waals surface area contributed by atoms with Crippen LogP contribution in [0, 0.1) is 5.82 Å². The average molecular weight is 372 g/mol. The third-order valence-electron chi connectivity index (χ3n) is 3.87. The Morgan fingerprint density at radius 3 is 2.65 bits per heavy atom. The summed E-state index contributed by atoms with van der Waals surface area (Å²) in [5.74, 6) is -0.997. The second-order valence-corrected chi connectivity index (χ2v) is 6.62.